The summed E-state index contributed by atoms with van der Waals surface area (Å²) in [5, 5.41) is 0. The molecule has 0 aromatic carbocycles. The van der Waals surface area contributed by atoms with Gasteiger partial charge in [0, 0.05) is 16.2 Å². The highest BCUT2D eigenvalue weighted by Gasteiger charge is 2.29. The zero-order chi connectivity index (χ0) is 14.4. The van der Waals surface area contributed by atoms with Gasteiger partial charge in [-0.15, -0.1) is 0 Å². The fraction of sp³-hybridized carbons (Fsp3) is 0.571. The van der Waals surface area contributed by atoms with Crippen molar-refractivity contribution in [3.8, 4) is 0 Å². The van der Waals surface area contributed by atoms with Crippen molar-refractivity contribution in [1.82, 2.24) is 14.5 Å². The van der Waals surface area contributed by atoms with E-state index >= 15 is 0 Å². The van der Waals surface area contributed by atoms with Gasteiger partial charge in [0.2, 0.25) is 0 Å². The molecule has 0 spiro atoms. The number of nitrogens with zero attached hydrogens (tertiary/aromatic N) is 2. The Morgan fingerprint density at radius 1 is 1.32 bits per heavy atom. The van der Waals surface area contributed by atoms with E-state index in [9.17, 15) is 0 Å². The van der Waals surface area contributed by atoms with Crippen LogP contribution in [-0.4, -0.2) is 14.5 Å². The number of pyridine rings is 1. The second-order valence-electron chi connectivity index (χ2n) is 6.84. The summed E-state index contributed by atoms with van der Waals surface area (Å²) in [5.41, 5.74) is 2.05. The second-order valence-corrected chi connectivity index (χ2v) is 8.14. The SMILES string of the molecule is CC(C)(C)CC(C)(C)n1c(=S)[nH]c2cc(Br)cnc21. The van der Waals surface area contributed by atoms with Crippen molar-refractivity contribution >= 4 is 39.3 Å². The summed E-state index contributed by atoms with van der Waals surface area (Å²) in [6.07, 6.45) is 2.84. The Labute approximate surface area is 127 Å². The Morgan fingerprint density at radius 3 is 2.53 bits per heavy atom. The third kappa shape index (κ3) is 3.08. The average molecular weight is 342 g/mol. The highest BCUT2D eigenvalue weighted by atomic mass is 79.9. The van der Waals surface area contributed by atoms with E-state index in [-0.39, 0.29) is 11.0 Å². The molecular formula is C14H20BrN3S. The van der Waals surface area contributed by atoms with Crippen LogP contribution in [0.2, 0.25) is 0 Å². The molecule has 0 saturated heterocycles. The number of imidazole rings is 1. The first-order valence-electron chi connectivity index (χ1n) is 6.37. The van der Waals surface area contributed by atoms with E-state index in [4.69, 9.17) is 12.2 Å². The maximum Gasteiger partial charge on any atom is 0.179 e. The zero-order valence-corrected chi connectivity index (χ0v) is 14.4. The normalized spacial score (nSPS) is 13.2. The minimum absolute atomic E-state index is 0.0750. The number of nitrogens with one attached hydrogen (secondary N) is 1. The number of hydrogen-bond acceptors (Lipinski definition) is 2. The van der Waals surface area contributed by atoms with Crippen LogP contribution in [0.4, 0.5) is 0 Å². The van der Waals surface area contributed by atoms with Gasteiger partial charge in [-0.25, -0.2) is 4.98 Å². The number of fused-ring (bicyclic) bond motifs is 1. The van der Waals surface area contributed by atoms with Crippen LogP contribution in [0.15, 0.2) is 16.7 Å². The third-order valence-electron chi connectivity index (χ3n) is 3.06. The lowest BCUT2D eigenvalue weighted by Crippen LogP contribution is -2.31. The molecule has 0 atom stereocenters. The monoisotopic (exact) mass is 341 g/mol. The summed E-state index contributed by atoms with van der Waals surface area (Å²) < 4.78 is 3.82. The molecule has 5 heteroatoms. The first kappa shape index (κ1) is 14.7. The Hall–Kier alpha value is -0.680. The largest absolute Gasteiger partial charge is 0.329 e. The minimum Gasteiger partial charge on any atom is -0.329 e. The van der Waals surface area contributed by atoms with Gasteiger partial charge < -0.3 is 4.98 Å². The molecule has 3 nitrogen and oxygen atoms in total. The van der Waals surface area contributed by atoms with Crippen LogP contribution >= 0.6 is 28.1 Å². The standard InChI is InChI=1S/C14H20BrN3S/c1-13(2,3)8-14(4,5)18-11-10(17-12(18)19)6-9(15)7-16-11/h6-7H,8H2,1-5H3,(H,17,19). The summed E-state index contributed by atoms with van der Waals surface area (Å²) in [7, 11) is 0. The van der Waals surface area contributed by atoms with Crippen molar-refractivity contribution < 1.29 is 0 Å². The van der Waals surface area contributed by atoms with Gasteiger partial charge in [0.05, 0.1) is 5.52 Å². The van der Waals surface area contributed by atoms with E-state index in [1.807, 2.05) is 12.3 Å². The Morgan fingerprint density at radius 2 is 1.95 bits per heavy atom. The molecule has 0 saturated carbocycles. The van der Waals surface area contributed by atoms with Crippen molar-refractivity contribution in [3.63, 3.8) is 0 Å². The predicted octanol–water partition coefficient (Wildman–Crippen LogP) is 5.03. The summed E-state index contributed by atoms with van der Waals surface area (Å²) >= 11 is 8.93. The van der Waals surface area contributed by atoms with Gasteiger partial charge in [0.15, 0.2) is 10.4 Å². The van der Waals surface area contributed by atoms with Crippen molar-refractivity contribution in [2.75, 3.05) is 0 Å². The number of hydrogen-bond donors (Lipinski definition) is 1. The molecule has 0 radical (unpaired) electrons. The lowest BCUT2D eigenvalue weighted by Gasteiger charge is -2.33. The van der Waals surface area contributed by atoms with Crippen molar-refractivity contribution in [1.29, 1.82) is 0 Å². The lowest BCUT2D eigenvalue weighted by atomic mass is 9.81. The summed E-state index contributed by atoms with van der Waals surface area (Å²) in [6.45, 7) is 11.2. The first-order chi connectivity index (χ1) is 8.60. The van der Waals surface area contributed by atoms with Crippen LogP contribution in [0.1, 0.15) is 41.0 Å². The van der Waals surface area contributed by atoms with Gasteiger partial charge in [-0.2, -0.15) is 0 Å². The van der Waals surface area contributed by atoms with E-state index < -0.39 is 0 Å². The van der Waals surface area contributed by atoms with Crippen LogP contribution in [0.25, 0.3) is 11.2 Å². The van der Waals surface area contributed by atoms with Crippen LogP contribution in [-0.2, 0) is 5.54 Å². The van der Waals surface area contributed by atoms with Gasteiger partial charge in [0.25, 0.3) is 0 Å². The van der Waals surface area contributed by atoms with Crippen molar-refractivity contribution in [3.05, 3.63) is 21.5 Å². The molecule has 0 amide bonds. The van der Waals surface area contributed by atoms with Crippen LogP contribution in [0, 0.1) is 10.2 Å². The van der Waals surface area contributed by atoms with E-state index in [0.717, 1.165) is 26.8 Å². The van der Waals surface area contributed by atoms with E-state index in [1.54, 1.807) is 0 Å². The summed E-state index contributed by atoms with van der Waals surface area (Å²) in [4.78, 5) is 7.76. The molecule has 19 heavy (non-hydrogen) atoms. The molecule has 0 bridgehead atoms. The number of aromatic amines is 1. The molecule has 0 aliphatic carbocycles. The average Bonchev–Trinajstić information content (AvgIpc) is 2.49. The van der Waals surface area contributed by atoms with Gasteiger partial charge >= 0.3 is 0 Å². The molecule has 2 aromatic rings. The molecule has 0 aliphatic rings. The smallest absolute Gasteiger partial charge is 0.179 e. The molecule has 0 unspecified atom stereocenters. The molecule has 0 aliphatic heterocycles. The Bertz CT molecular complexity index is 661. The predicted molar refractivity (Wildman–Crippen MR) is 86.0 cm³/mol. The molecule has 2 rings (SSSR count). The van der Waals surface area contributed by atoms with Crippen LogP contribution < -0.4 is 0 Å². The zero-order valence-electron chi connectivity index (χ0n) is 12.0. The topological polar surface area (TPSA) is 33.6 Å². The molecule has 2 heterocycles. The number of halogens is 1. The second kappa shape index (κ2) is 4.70. The molecule has 1 N–H and O–H groups in total. The Kier molecular flexibility index (Phi) is 3.64. The minimum atomic E-state index is -0.0750. The van der Waals surface area contributed by atoms with E-state index in [1.165, 1.54) is 0 Å². The highest BCUT2D eigenvalue weighted by molar-refractivity contribution is 9.10. The van der Waals surface area contributed by atoms with Gasteiger partial charge in [-0.3, -0.25) is 4.57 Å². The summed E-state index contributed by atoms with van der Waals surface area (Å²) in [6, 6.07) is 2.02. The third-order valence-corrected chi connectivity index (χ3v) is 3.78. The lowest BCUT2D eigenvalue weighted by molar-refractivity contribution is 0.217. The first-order valence-corrected chi connectivity index (χ1v) is 7.57. The maximum absolute atomic E-state index is 5.49. The van der Waals surface area contributed by atoms with Gasteiger partial charge in [0.1, 0.15) is 0 Å². The fourth-order valence-electron chi connectivity index (χ4n) is 2.91. The molecule has 2 aromatic heterocycles. The molecule has 0 fully saturated rings. The molecular weight excluding hydrogens is 322 g/mol. The van der Waals surface area contributed by atoms with E-state index in [2.05, 4.69) is 65.1 Å². The fourth-order valence-corrected chi connectivity index (χ4v) is 3.68. The highest BCUT2D eigenvalue weighted by Crippen LogP contribution is 2.34. The van der Waals surface area contributed by atoms with Gasteiger partial charge in [-0.1, -0.05) is 20.8 Å². The van der Waals surface area contributed by atoms with Crippen molar-refractivity contribution in [2.45, 2.75) is 46.6 Å². The number of rotatable bonds is 2. The molecule has 104 valence electrons. The van der Waals surface area contributed by atoms with Crippen molar-refractivity contribution in [2.24, 2.45) is 5.41 Å². The van der Waals surface area contributed by atoms with Gasteiger partial charge in [-0.05, 0) is 59.9 Å². The van der Waals surface area contributed by atoms with Crippen LogP contribution in [0.5, 0.6) is 0 Å². The van der Waals surface area contributed by atoms with Crippen LogP contribution in [0.3, 0.4) is 0 Å². The quantitative estimate of drug-likeness (QED) is 0.777. The maximum atomic E-state index is 5.49. The van der Waals surface area contributed by atoms with E-state index in [0.29, 0.717) is 0 Å². The number of H-pyrrole nitrogens is 1. The summed E-state index contributed by atoms with van der Waals surface area (Å²) in [5.74, 6) is 0. The number of aromatic nitrogens is 3. The Balaban J connectivity index is 2.62.